The van der Waals surface area contributed by atoms with E-state index in [-0.39, 0.29) is 41.1 Å². The van der Waals surface area contributed by atoms with Crippen LogP contribution in [0.2, 0.25) is 0 Å². The Balaban J connectivity index is 1.62. The van der Waals surface area contributed by atoms with Crippen molar-refractivity contribution in [2.45, 2.75) is 50.6 Å². The molecule has 1 aromatic heterocycles. The van der Waals surface area contributed by atoms with Crippen LogP contribution in [-0.2, 0) is 4.74 Å². The summed E-state index contributed by atoms with van der Waals surface area (Å²) in [6, 6.07) is 3.46. The van der Waals surface area contributed by atoms with Crippen molar-refractivity contribution < 1.29 is 14.6 Å². The van der Waals surface area contributed by atoms with Crippen molar-refractivity contribution >= 4 is 5.91 Å². The summed E-state index contributed by atoms with van der Waals surface area (Å²) in [7, 11) is 0. The van der Waals surface area contributed by atoms with Gasteiger partial charge in [-0.1, -0.05) is 0 Å². The van der Waals surface area contributed by atoms with Gasteiger partial charge in [0.2, 0.25) is 0 Å². The van der Waals surface area contributed by atoms with Gasteiger partial charge in [0, 0.05) is 32.0 Å². The average Bonchev–Trinajstić information content (AvgIpc) is 3.47. The number of rotatable bonds is 3. The van der Waals surface area contributed by atoms with Crippen LogP contribution in [-0.4, -0.2) is 52.9 Å². The van der Waals surface area contributed by atoms with Gasteiger partial charge < -0.3 is 19.3 Å². The monoisotopic (exact) mass is 346 g/mol. The molecule has 2 aliphatic heterocycles. The second-order valence-electron chi connectivity index (χ2n) is 7.79. The molecule has 3 heterocycles. The first-order chi connectivity index (χ1) is 12.1. The number of amides is 1. The topological polar surface area (TPSA) is 71.8 Å². The Hall–Kier alpha value is -1.66. The number of aromatic nitrogens is 1. The van der Waals surface area contributed by atoms with Crippen molar-refractivity contribution in [2.24, 2.45) is 5.41 Å². The van der Waals surface area contributed by atoms with Crippen molar-refractivity contribution in [3.8, 4) is 0 Å². The highest BCUT2D eigenvalue weighted by atomic mass is 16.5. The van der Waals surface area contributed by atoms with Gasteiger partial charge in [0.25, 0.3) is 11.5 Å². The number of aliphatic hydroxyl groups is 1. The summed E-state index contributed by atoms with van der Waals surface area (Å²) in [5.41, 5.74) is 0.111. The normalized spacial score (nSPS) is 26.0. The van der Waals surface area contributed by atoms with E-state index in [9.17, 15) is 14.7 Å². The van der Waals surface area contributed by atoms with Crippen LogP contribution >= 0.6 is 0 Å². The van der Waals surface area contributed by atoms with Crippen LogP contribution in [0.4, 0.5) is 0 Å². The third-order valence-corrected chi connectivity index (χ3v) is 6.12. The maximum Gasteiger partial charge on any atom is 0.263 e. The van der Waals surface area contributed by atoms with E-state index in [1.54, 1.807) is 27.8 Å². The van der Waals surface area contributed by atoms with E-state index in [0.717, 1.165) is 51.7 Å². The smallest absolute Gasteiger partial charge is 0.263 e. The van der Waals surface area contributed by atoms with Gasteiger partial charge in [-0.3, -0.25) is 9.59 Å². The van der Waals surface area contributed by atoms with Crippen LogP contribution in [0.1, 0.15) is 54.9 Å². The number of carbonyl (C=O) groups excluding carboxylic acids is 1. The molecule has 6 heteroatoms. The van der Waals surface area contributed by atoms with Crippen LogP contribution in [0.15, 0.2) is 23.1 Å². The summed E-state index contributed by atoms with van der Waals surface area (Å²) in [5, 5.41) is 9.76. The van der Waals surface area contributed by atoms with Gasteiger partial charge in [0.1, 0.15) is 5.56 Å². The molecule has 6 nitrogen and oxygen atoms in total. The Morgan fingerprint density at radius 1 is 1.24 bits per heavy atom. The Bertz CT molecular complexity index is 704. The molecule has 1 aliphatic carbocycles. The molecule has 2 saturated heterocycles. The van der Waals surface area contributed by atoms with E-state index in [1.807, 2.05) is 0 Å². The molecule has 3 aliphatic rings. The molecule has 1 atom stereocenters. The summed E-state index contributed by atoms with van der Waals surface area (Å²) in [5.74, 6) is -0.232. The predicted octanol–water partition coefficient (Wildman–Crippen LogP) is 1.58. The van der Waals surface area contributed by atoms with Crippen LogP contribution in [0.5, 0.6) is 0 Å². The molecule has 1 unspecified atom stereocenters. The van der Waals surface area contributed by atoms with Gasteiger partial charge in [-0.25, -0.2) is 0 Å². The van der Waals surface area contributed by atoms with E-state index < -0.39 is 0 Å². The molecule has 4 rings (SSSR count). The molecule has 25 heavy (non-hydrogen) atoms. The zero-order valence-corrected chi connectivity index (χ0v) is 14.5. The van der Waals surface area contributed by atoms with Gasteiger partial charge in [-0.15, -0.1) is 0 Å². The summed E-state index contributed by atoms with van der Waals surface area (Å²) < 4.78 is 7.18. The fourth-order valence-corrected chi connectivity index (χ4v) is 4.31. The van der Waals surface area contributed by atoms with Gasteiger partial charge in [0.05, 0.1) is 12.6 Å². The molecular weight excluding hydrogens is 320 g/mol. The van der Waals surface area contributed by atoms with Crippen LogP contribution in [0, 0.1) is 5.41 Å². The number of aliphatic hydroxyl groups excluding tert-OH is 1. The zero-order chi connectivity index (χ0) is 17.4. The molecule has 3 fully saturated rings. The van der Waals surface area contributed by atoms with E-state index in [1.165, 1.54) is 0 Å². The number of carbonyl (C=O) groups is 1. The number of hydrogen-bond donors (Lipinski definition) is 1. The molecule has 1 N–H and O–H groups in total. The first-order valence-electron chi connectivity index (χ1n) is 9.34. The SMILES string of the molecule is O=C(c1cccn(C2CC2)c1=O)N1CC2(CCOCC2)CCC1CO. The lowest BCUT2D eigenvalue weighted by atomic mass is 9.72. The van der Waals surface area contributed by atoms with E-state index in [4.69, 9.17) is 4.74 Å². The molecule has 0 aromatic carbocycles. The summed E-state index contributed by atoms with van der Waals surface area (Å²) in [6.45, 7) is 2.01. The number of nitrogens with zero attached hydrogens (tertiary/aromatic N) is 2. The summed E-state index contributed by atoms with van der Waals surface area (Å²) in [6.07, 6.45) is 7.45. The van der Waals surface area contributed by atoms with Crippen molar-refractivity contribution in [1.82, 2.24) is 9.47 Å². The predicted molar refractivity (Wildman–Crippen MR) is 92.6 cm³/mol. The number of pyridine rings is 1. The maximum absolute atomic E-state index is 13.2. The molecule has 0 bridgehead atoms. The number of likely N-dealkylation sites (tertiary alicyclic amines) is 1. The van der Waals surface area contributed by atoms with Gasteiger partial charge in [-0.2, -0.15) is 0 Å². The minimum atomic E-state index is -0.232. The number of piperidine rings is 1. The highest BCUT2D eigenvalue weighted by Crippen LogP contribution is 2.41. The minimum Gasteiger partial charge on any atom is -0.394 e. The summed E-state index contributed by atoms with van der Waals surface area (Å²) in [4.78, 5) is 27.7. The molecule has 136 valence electrons. The van der Waals surface area contributed by atoms with Crippen LogP contribution < -0.4 is 5.56 Å². The number of ether oxygens (including phenoxy) is 1. The average molecular weight is 346 g/mol. The first-order valence-corrected chi connectivity index (χ1v) is 9.34. The van der Waals surface area contributed by atoms with Crippen LogP contribution in [0.25, 0.3) is 0 Å². The maximum atomic E-state index is 13.2. The molecule has 1 saturated carbocycles. The molecule has 1 amide bonds. The molecule has 1 aromatic rings. The van der Waals surface area contributed by atoms with E-state index in [0.29, 0.717) is 6.54 Å². The van der Waals surface area contributed by atoms with Gasteiger partial charge in [0.15, 0.2) is 0 Å². The van der Waals surface area contributed by atoms with Crippen molar-refractivity contribution in [1.29, 1.82) is 0 Å². The Labute approximate surface area is 147 Å². The Morgan fingerprint density at radius 2 is 2.00 bits per heavy atom. The third-order valence-electron chi connectivity index (χ3n) is 6.12. The lowest BCUT2D eigenvalue weighted by Crippen LogP contribution is -2.55. The first kappa shape index (κ1) is 16.8. The highest BCUT2D eigenvalue weighted by molar-refractivity contribution is 5.94. The van der Waals surface area contributed by atoms with Crippen molar-refractivity contribution in [3.05, 3.63) is 34.2 Å². The lowest BCUT2D eigenvalue weighted by molar-refractivity contribution is -0.0436. The van der Waals surface area contributed by atoms with Gasteiger partial charge in [-0.05, 0) is 56.1 Å². The molecule has 1 spiro atoms. The second kappa shape index (κ2) is 6.57. The van der Waals surface area contributed by atoms with E-state index >= 15 is 0 Å². The van der Waals surface area contributed by atoms with Crippen LogP contribution in [0.3, 0.4) is 0 Å². The fourth-order valence-electron chi connectivity index (χ4n) is 4.31. The number of hydrogen-bond acceptors (Lipinski definition) is 4. The second-order valence-corrected chi connectivity index (χ2v) is 7.79. The quantitative estimate of drug-likeness (QED) is 0.902. The van der Waals surface area contributed by atoms with Gasteiger partial charge >= 0.3 is 0 Å². The Kier molecular flexibility index (Phi) is 4.41. The van der Waals surface area contributed by atoms with Crippen molar-refractivity contribution in [2.75, 3.05) is 26.4 Å². The zero-order valence-electron chi connectivity index (χ0n) is 14.5. The van der Waals surface area contributed by atoms with Crippen molar-refractivity contribution in [3.63, 3.8) is 0 Å². The third kappa shape index (κ3) is 3.13. The molecular formula is C19H26N2O4. The standard InChI is InChI=1S/C19H26N2O4/c22-12-15-5-6-19(7-10-25-11-8-19)13-21(15)18(24)16-2-1-9-20(17(16)23)14-3-4-14/h1-2,9,14-15,22H,3-8,10-13H2. The largest absolute Gasteiger partial charge is 0.394 e. The highest BCUT2D eigenvalue weighted by Gasteiger charge is 2.42. The summed E-state index contributed by atoms with van der Waals surface area (Å²) >= 11 is 0. The fraction of sp³-hybridized carbons (Fsp3) is 0.684. The minimum absolute atomic E-state index is 0.0536. The lowest BCUT2D eigenvalue weighted by Gasteiger charge is -2.48. The Morgan fingerprint density at radius 3 is 2.68 bits per heavy atom. The van der Waals surface area contributed by atoms with E-state index in [2.05, 4.69) is 0 Å². The molecule has 0 radical (unpaired) electrons.